The Balaban J connectivity index is 2.41. The van der Waals surface area contributed by atoms with Gasteiger partial charge in [-0.25, -0.2) is 0 Å². The van der Waals surface area contributed by atoms with Crippen molar-refractivity contribution in [2.24, 2.45) is 0 Å². The van der Waals surface area contributed by atoms with Crippen molar-refractivity contribution in [1.82, 2.24) is 0 Å². The maximum Gasteiger partial charge on any atom is -0.0181 e. The molecule has 0 nitrogen and oxygen atoms in total. The second-order valence-corrected chi connectivity index (χ2v) is 5.08. The zero-order valence-electron chi connectivity index (χ0n) is 11.7. The van der Waals surface area contributed by atoms with E-state index in [0.717, 1.165) is 5.57 Å². The fraction of sp³-hybridized carbons (Fsp3) is 0.222. The van der Waals surface area contributed by atoms with Crippen molar-refractivity contribution in [3.63, 3.8) is 0 Å². The number of benzene rings is 2. The summed E-state index contributed by atoms with van der Waals surface area (Å²) in [6, 6.07) is 13.1. The normalized spacial score (nSPS) is 10.4. The van der Waals surface area contributed by atoms with E-state index in [0.29, 0.717) is 0 Å². The predicted octanol–water partition coefficient (Wildman–Crippen LogP) is 4.98. The van der Waals surface area contributed by atoms with E-state index in [1.807, 2.05) is 0 Å². The fourth-order valence-electron chi connectivity index (χ4n) is 2.02. The minimum atomic E-state index is 1.10. The van der Waals surface area contributed by atoms with E-state index >= 15 is 0 Å². The van der Waals surface area contributed by atoms with Crippen LogP contribution in [0.1, 0.15) is 33.4 Å². The minimum Gasteiger partial charge on any atom is -0.0906 e. The van der Waals surface area contributed by atoms with E-state index in [2.05, 4.69) is 70.7 Å². The fourth-order valence-corrected chi connectivity index (χ4v) is 2.02. The largest absolute Gasteiger partial charge is 0.0906 e. The maximum atomic E-state index is 4.24. The molecule has 92 valence electrons. The van der Waals surface area contributed by atoms with Gasteiger partial charge in [0, 0.05) is 0 Å². The topological polar surface area (TPSA) is 0 Å². The van der Waals surface area contributed by atoms with Gasteiger partial charge in [0.05, 0.1) is 0 Å². The van der Waals surface area contributed by atoms with Crippen LogP contribution in [0.15, 0.2) is 43.0 Å². The molecule has 2 rings (SSSR count). The Hall–Kier alpha value is -1.82. The quantitative estimate of drug-likeness (QED) is 0.689. The second kappa shape index (κ2) is 4.81. The Morgan fingerprint density at radius 1 is 0.667 bits per heavy atom. The molecule has 0 saturated carbocycles. The standard InChI is InChI=1S/C18H20/c1-12-6-8-17(10-14(12)3)16(5)18-9-7-13(2)15(4)11-18/h6-11H,5H2,1-4H3. The molecule has 0 unspecified atom stereocenters. The van der Waals surface area contributed by atoms with E-state index in [-0.39, 0.29) is 0 Å². The molecule has 2 aromatic carbocycles. The Morgan fingerprint density at radius 3 is 1.39 bits per heavy atom. The first-order chi connectivity index (χ1) is 8.49. The molecule has 0 aromatic heterocycles. The highest BCUT2D eigenvalue weighted by Gasteiger charge is 2.05. The molecular formula is C18H20. The van der Waals surface area contributed by atoms with Gasteiger partial charge in [-0.2, -0.15) is 0 Å². The second-order valence-electron chi connectivity index (χ2n) is 5.08. The van der Waals surface area contributed by atoms with Gasteiger partial charge < -0.3 is 0 Å². The lowest BCUT2D eigenvalue weighted by molar-refractivity contribution is 1.31. The van der Waals surface area contributed by atoms with Crippen LogP contribution >= 0.6 is 0 Å². The summed E-state index contributed by atoms with van der Waals surface area (Å²) in [6.45, 7) is 12.8. The van der Waals surface area contributed by atoms with Crippen molar-refractivity contribution in [1.29, 1.82) is 0 Å². The molecule has 0 radical (unpaired) electrons. The molecule has 18 heavy (non-hydrogen) atoms. The van der Waals surface area contributed by atoms with Gasteiger partial charge in [-0.1, -0.05) is 43.0 Å². The van der Waals surface area contributed by atoms with Crippen molar-refractivity contribution in [3.8, 4) is 0 Å². The van der Waals surface area contributed by atoms with Crippen LogP contribution in [0.3, 0.4) is 0 Å². The third kappa shape index (κ3) is 2.38. The average Bonchev–Trinajstić information content (AvgIpc) is 2.35. The summed E-state index contributed by atoms with van der Waals surface area (Å²) < 4.78 is 0. The smallest absolute Gasteiger partial charge is 0.0181 e. The highest BCUT2D eigenvalue weighted by molar-refractivity contribution is 5.78. The lowest BCUT2D eigenvalue weighted by atomic mass is 9.94. The molecule has 0 amide bonds. The van der Waals surface area contributed by atoms with Crippen LogP contribution in [0.2, 0.25) is 0 Å². The Labute approximate surface area is 110 Å². The zero-order valence-corrected chi connectivity index (χ0v) is 11.7. The lowest BCUT2D eigenvalue weighted by Gasteiger charge is -2.10. The number of hydrogen-bond acceptors (Lipinski definition) is 0. The summed E-state index contributed by atoms with van der Waals surface area (Å²) in [7, 11) is 0. The first-order valence-corrected chi connectivity index (χ1v) is 6.33. The summed E-state index contributed by atoms with van der Waals surface area (Å²) in [5.74, 6) is 0. The third-order valence-corrected chi connectivity index (χ3v) is 3.71. The average molecular weight is 236 g/mol. The molecule has 0 fully saturated rings. The highest BCUT2D eigenvalue weighted by Crippen LogP contribution is 2.25. The van der Waals surface area contributed by atoms with Crippen molar-refractivity contribution in [3.05, 3.63) is 76.4 Å². The molecule has 0 heteroatoms. The van der Waals surface area contributed by atoms with Gasteiger partial charge in [0.1, 0.15) is 0 Å². The van der Waals surface area contributed by atoms with Gasteiger partial charge in [-0.05, 0) is 66.6 Å². The summed E-state index contributed by atoms with van der Waals surface area (Å²) in [5, 5.41) is 0. The minimum absolute atomic E-state index is 1.10. The molecule has 2 aromatic rings. The molecule has 0 aliphatic rings. The van der Waals surface area contributed by atoms with Gasteiger partial charge in [0.2, 0.25) is 0 Å². The first-order valence-electron chi connectivity index (χ1n) is 6.33. The molecule has 0 aliphatic heterocycles. The highest BCUT2D eigenvalue weighted by atomic mass is 14.1. The molecule has 0 saturated heterocycles. The van der Waals surface area contributed by atoms with E-state index in [1.54, 1.807) is 0 Å². The van der Waals surface area contributed by atoms with Gasteiger partial charge in [0.25, 0.3) is 0 Å². The monoisotopic (exact) mass is 236 g/mol. The van der Waals surface area contributed by atoms with Crippen LogP contribution in [0.25, 0.3) is 5.57 Å². The Kier molecular flexibility index (Phi) is 3.38. The van der Waals surface area contributed by atoms with Crippen LogP contribution in [-0.4, -0.2) is 0 Å². The molecule has 0 N–H and O–H groups in total. The molecule has 0 aliphatic carbocycles. The number of rotatable bonds is 2. The van der Waals surface area contributed by atoms with Crippen molar-refractivity contribution in [2.45, 2.75) is 27.7 Å². The molecule has 0 bridgehead atoms. The third-order valence-electron chi connectivity index (χ3n) is 3.71. The van der Waals surface area contributed by atoms with Crippen molar-refractivity contribution < 1.29 is 0 Å². The van der Waals surface area contributed by atoms with Crippen LogP contribution in [0.5, 0.6) is 0 Å². The molecule has 0 atom stereocenters. The number of hydrogen-bond donors (Lipinski definition) is 0. The van der Waals surface area contributed by atoms with Gasteiger partial charge >= 0.3 is 0 Å². The van der Waals surface area contributed by atoms with Crippen molar-refractivity contribution >= 4 is 5.57 Å². The maximum absolute atomic E-state index is 4.24. The van der Waals surface area contributed by atoms with E-state index < -0.39 is 0 Å². The lowest BCUT2D eigenvalue weighted by Crippen LogP contribution is -1.91. The summed E-state index contributed by atoms with van der Waals surface area (Å²) in [6.07, 6.45) is 0. The summed E-state index contributed by atoms with van der Waals surface area (Å²) in [4.78, 5) is 0. The molecule has 0 spiro atoms. The first kappa shape index (κ1) is 12.6. The molecule has 0 heterocycles. The zero-order chi connectivity index (χ0) is 13.3. The Bertz CT molecular complexity index is 550. The predicted molar refractivity (Wildman–Crippen MR) is 80.0 cm³/mol. The number of aryl methyl sites for hydroxylation is 4. The summed E-state index contributed by atoms with van der Waals surface area (Å²) in [5.41, 5.74) is 8.80. The molecular weight excluding hydrogens is 216 g/mol. The van der Waals surface area contributed by atoms with E-state index in [9.17, 15) is 0 Å². The summed E-state index contributed by atoms with van der Waals surface area (Å²) >= 11 is 0. The van der Waals surface area contributed by atoms with E-state index in [4.69, 9.17) is 0 Å². The van der Waals surface area contributed by atoms with Gasteiger partial charge in [0.15, 0.2) is 0 Å². The van der Waals surface area contributed by atoms with Crippen LogP contribution < -0.4 is 0 Å². The van der Waals surface area contributed by atoms with Crippen molar-refractivity contribution in [2.75, 3.05) is 0 Å². The van der Waals surface area contributed by atoms with E-state index in [1.165, 1.54) is 33.4 Å². The Morgan fingerprint density at radius 2 is 1.06 bits per heavy atom. The van der Waals surface area contributed by atoms with Gasteiger partial charge in [-0.15, -0.1) is 0 Å². The van der Waals surface area contributed by atoms with Crippen LogP contribution in [-0.2, 0) is 0 Å². The van der Waals surface area contributed by atoms with Gasteiger partial charge in [-0.3, -0.25) is 0 Å². The van der Waals surface area contributed by atoms with Crippen LogP contribution in [0.4, 0.5) is 0 Å². The SMILES string of the molecule is C=C(c1ccc(C)c(C)c1)c1ccc(C)c(C)c1. The van der Waals surface area contributed by atoms with Crippen LogP contribution in [0, 0.1) is 27.7 Å².